The Morgan fingerprint density at radius 2 is 1.70 bits per heavy atom. The molecule has 124 valence electrons. The number of carboxylic acid groups (broad SMARTS) is 1. The summed E-state index contributed by atoms with van der Waals surface area (Å²) in [6, 6.07) is 0.992. The lowest BCUT2D eigenvalue weighted by molar-refractivity contribution is -0.145. The highest BCUT2D eigenvalue weighted by molar-refractivity contribution is 5.91. The molecule has 2 heterocycles. The van der Waals surface area contributed by atoms with Crippen molar-refractivity contribution in [3.05, 3.63) is 35.0 Å². The highest BCUT2D eigenvalue weighted by atomic mass is 19.4. The van der Waals surface area contributed by atoms with Crippen molar-refractivity contribution >= 4 is 5.97 Å². The normalized spacial score (nSPS) is 12.5. The second-order valence-electron chi connectivity index (χ2n) is 4.26. The van der Waals surface area contributed by atoms with Gasteiger partial charge in [0.15, 0.2) is 5.82 Å². The average molecular weight is 340 g/mol. The minimum atomic E-state index is -4.94. The van der Waals surface area contributed by atoms with Crippen LogP contribution in [0.5, 0.6) is 0 Å². The SMILES string of the molecule is Cc1nc(C(F)(F)F)nn1-c1nc(C(F)(F)F)ccc1C(=O)O. The van der Waals surface area contributed by atoms with Crippen LogP contribution in [-0.4, -0.2) is 30.8 Å². The Balaban J connectivity index is 2.70. The van der Waals surface area contributed by atoms with Gasteiger partial charge in [0.2, 0.25) is 0 Å². The third-order valence-electron chi connectivity index (χ3n) is 2.62. The first-order valence-corrected chi connectivity index (χ1v) is 5.74. The van der Waals surface area contributed by atoms with Crippen LogP contribution >= 0.6 is 0 Å². The number of aryl methyl sites for hydroxylation is 1. The van der Waals surface area contributed by atoms with Crippen LogP contribution in [-0.2, 0) is 12.4 Å². The number of alkyl halides is 6. The number of rotatable bonds is 2. The molecule has 23 heavy (non-hydrogen) atoms. The molecule has 0 unspecified atom stereocenters. The van der Waals surface area contributed by atoms with E-state index < -0.39 is 47.0 Å². The fraction of sp³-hybridized carbons (Fsp3) is 0.273. The van der Waals surface area contributed by atoms with E-state index in [2.05, 4.69) is 15.1 Å². The average Bonchev–Trinajstić information content (AvgIpc) is 2.79. The summed E-state index contributed by atoms with van der Waals surface area (Å²) in [4.78, 5) is 17.2. The number of hydrogen-bond acceptors (Lipinski definition) is 4. The van der Waals surface area contributed by atoms with Crippen LogP contribution < -0.4 is 0 Å². The minimum absolute atomic E-state index is 0.307. The molecule has 2 aromatic rings. The van der Waals surface area contributed by atoms with E-state index in [4.69, 9.17) is 5.11 Å². The lowest BCUT2D eigenvalue weighted by atomic mass is 10.2. The van der Waals surface area contributed by atoms with Crippen LogP contribution in [0.2, 0.25) is 0 Å². The van der Waals surface area contributed by atoms with E-state index in [0.29, 0.717) is 16.8 Å². The monoisotopic (exact) mass is 340 g/mol. The van der Waals surface area contributed by atoms with Gasteiger partial charge >= 0.3 is 18.3 Å². The zero-order valence-corrected chi connectivity index (χ0v) is 11.1. The number of carboxylic acids is 1. The van der Waals surface area contributed by atoms with Crippen LogP contribution in [0.4, 0.5) is 26.3 Å². The zero-order chi connectivity index (χ0) is 17.6. The first-order valence-electron chi connectivity index (χ1n) is 5.74. The number of aromatic nitrogens is 4. The van der Waals surface area contributed by atoms with Crippen molar-refractivity contribution in [3.63, 3.8) is 0 Å². The van der Waals surface area contributed by atoms with Gasteiger partial charge in [0.25, 0.3) is 5.82 Å². The number of hydrogen-bond donors (Lipinski definition) is 1. The van der Waals surface area contributed by atoms with Crippen LogP contribution in [0.3, 0.4) is 0 Å². The molecule has 0 radical (unpaired) electrons. The molecule has 6 nitrogen and oxygen atoms in total. The summed E-state index contributed by atoms with van der Waals surface area (Å²) in [7, 11) is 0. The van der Waals surface area contributed by atoms with Crippen molar-refractivity contribution in [2.45, 2.75) is 19.3 Å². The summed E-state index contributed by atoms with van der Waals surface area (Å²) in [5.74, 6) is -4.67. The molecular formula is C11H6F6N4O2. The van der Waals surface area contributed by atoms with Crippen LogP contribution in [0.1, 0.15) is 27.7 Å². The maximum atomic E-state index is 12.7. The Kier molecular flexibility index (Phi) is 3.78. The van der Waals surface area contributed by atoms with E-state index in [0.717, 1.165) is 6.92 Å². The third kappa shape index (κ3) is 3.24. The molecule has 0 amide bonds. The van der Waals surface area contributed by atoms with Crippen molar-refractivity contribution in [1.82, 2.24) is 19.7 Å². The van der Waals surface area contributed by atoms with E-state index in [1.807, 2.05) is 0 Å². The molecule has 0 spiro atoms. The third-order valence-corrected chi connectivity index (χ3v) is 2.62. The molecule has 0 aliphatic heterocycles. The zero-order valence-electron chi connectivity index (χ0n) is 11.1. The number of nitrogens with zero attached hydrogens (tertiary/aromatic N) is 4. The van der Waals surface area contributed by atoms with Gasteiger partial charge < -0.3 is 5.11 Å². The van der Waals surface area contributed by atoms with E-state index in [-0.39, 0.29) is 0 Å². The van der Waals surface area contributed by atoms with Crippen LogP contribution in [0.25, 0.3) is 5.82 Å². The molecule has 0 aliphatic rings. The summed E-state index contributed by atoms with van der Waals surface area (Å²) < 4.78 is 76.0. The van der Waals surface area contributed by atoms with Gasteiger partial charge in [-0.25, -0.2) is 14.8 Å². The van der Waals surface area contributed by atoms with Crippen LogP contribution in [0.15, 0.2) is 12.1 Å². The van der Waals surface area contributed by atoms with Crippen LogP contribution in [0, 0.1) is 6.92 Å². The summed E-state index contributed by atoms with van der Waals surface area (Å²) >= 11 is 0. The summed E-state index contributed by atoms with van der Waals surface area (Å²) in [5, 5.41) is 12.0. The molecule has 1 N–H and O–H groups in total. The molecule has 0 aliphatic carbocycles. The molecule has 0 saturated carbocycles. The van der Waals surface area contributed by atoms with Crippen molar-refractivity contribution in [1.29, 1.82) is 0 Å². The number of pyridine rings is 1. The predicted octanol–water partition coefficient (Wildman–Crippen LogP) is 2.71. The van der Waals surface area contributed by atoms with E-state index in [1.54, 1.807) is 0 Å². The van der Waals surface area contributed by atoms with Crippen molar-refractivity contribution in [2.75, 3.05) is 0 Å². The Labute approximate surface area is 123 Å². The highest BCUT2D eigenvalue weighted by Gasteiger charge is 2.38. The van der Waals surface area contributed by atoms with Gasteiger partial charge in [-0.1, -0.05) is 0 Å². The standard InChI is InChI=1S/C11H6F6N4O2/c1-4-18-9(11(15,16)17)20-21(4)7-5(8(22)23)2-3-6(19-7)10(12,13)14/h2-3H,1H3,(H,22,23). The first kappa shape index (κ1) is 16.7. The number of aromatic carboxylic acids is 1. The van der Waals surface area contributed by atoms with Gasteiger partial charge in [0.1, 0.15) is 17.1 Å². The largest absolute Gasteiger partial charge is 0.478 e. The molecule has 12 heteroatoms. The van der Waals surface area contributed by atoms with Gasteiger partial charge in [-0.3, -0.25) is 0 Å². The maximum Gasteiger partial charge on any atom is 0.453 e. The lowest BCUT2D eigenvalue weighted by Gasteiger charge is -2.10. The molecule has 2 aromatic heterocycles. The molecule has 0 bridgehead atoms. The van der Waals surface area contributed by atoms with Crippen molar-refractivity contribution in [3.8, 4) is 5.82 Å². The van der Waals surface area contributed by atoms with E-state index in [9.17, 15) is 31.1 Å². The fourth-order valence-electron chi connectivity index (χ4n) is 1.65. The second-order valence-corrected chi connectivity index (χ2v) is 4.26. The topological polar surface area (TPSA) is 80.9 Å². The Morgan fingerprint density at radius 1 is 1.09 bits per heavy atom. The van der Waals surface area contributed by atoms with E-state index in [1.165, 1.54) is 0 Å². The first-order chi connectivity index (χ1) is 10.4. The van der Waals surface area contributed by atoms with Gasteiger partial charge in [-0.2, -0.15) is 31.0 Å². The molecule has 0 saturated heterocycles. The summed E-state index contributed by atoms with van der Waals surface area (Å²) in [6.07, 6.45) is -9.85. The minimum Gasteiger partial charge on any atom is -0.478 e. The Morgan fingerprint density at radius 3 is 2.13 bits per heavy atom. The lowest BCUT2D eigenvalue weighted by Crippen LogP contribution is -2.16. The number of halogens is 6. The predicted molar refractivity (Wildman–Crippen MR) is 60.9 cm³/mol. The van der Waals surface area contributed by atoms with Crippen molar-refractivity contribution < 1.29 is 36.2 Å². The maximum absolute atomic E-state index is 12.7. The molecule has 2 rings (SSSR count). The van der Waals surface area contributed by atoms with Gasteiger partial charge in [0, 0.05) is 0 Å². The number of carbonyl (C=O) groups is 1. The fourth-order valence-corrected chi connectivity index (χ4v) is 1.65. The molecular weight excluding hydrogens is 334 g/mol. The van der Waals surface area contributed by atoms with E-state index >= 15 is 0 Å². The molecule has 0 atom stereocenters. The van der Waals surface area contributed by atoms with Gasteiger partial charge in [0.05, 0.1) is 0 Å². The quantitative estimate of drug-likeness (QED) is 0.850. The Bertz CT molecular complexity index is 765. The second kappa shape index (κ2) is 5.21. The summed E-state index contributed by atoms with van der Waals surface area (Å²) in [6.45, 7) is 1.02. The Hall–Kier alpha value is -2.66. The van der Waals surface area contributed by atoms with Gasteiger partial charge in [-0.05, 0) is 19.1 Å². The molecule has 0 fully saturated rings. The van der Waals surface area contributed by atoms with Crippen molar-refractivity contribution in [2.24, 2.45) is 0 Å². The van der Waals surface area contributed by atoms with Gasteiger partial charge in [-0.15, -0.1) is 5.10 Å². The molecule has 0 aromatic carbocycles. The smallest absolute Gasteiger partial charge is 0.453 e. The highest BCUT2D eigenvalue weighted by Crippen LogP contribution is 2.30. The summed E-state index contributed by atoms with van der Waals surface area (Å²) in [5.41, 5.74) is -2.22.